The molecule has 126 valence electrons. The third-order valence-electron chi connectivity index (χ3n) is 4.49. The SMILES string of the molecule is CN=C(NCCN1CCCC1)N1CCC(Oc2ccccn2)C1. The Kier molecular flexibility index (Phi) is 5.69. The molecule has 1 atom stereocenters. The predicted molar refractivity (Wildman–Crippen MR) is 91.9 cm³/mol. The van der Waals surface area contributed by atoms with Crippen molar-refractivity contribution in [3.8, 4) is 5.88 Å². The van der Waals surface area contributed by atoms with Gasteiger partial charge in [0.25, 0.3) is 0 Å². The summed E-state index contributed by atoms with van der Waals surface area (Å²) in [6.45, 7) is 6.37. The smallest absolute Gasteiger partial charge is 0.213 e. The lowest BCUT2D eigenvalue weighted by molar-refractivity contribution is 0.205. The van der Waals surface area contributed by atoms with Gasteiger partial charge in [0.05, 0.1) is 6.54 Å². The van der Waals surface area contributed by atoms with Gasteiger partial charge in [-0.1, -0.05) is 6.07 Å². The fourth-order valence-corrected chi connectivity index (χ4v) is 3.27. The van der Waals surface area contributed by atoms with Gasteiger partial charge >= 0.3 is 0 Å². The van der Waals surface area contributed by atoms with Crippen LogP contribution in [0.5, 0.6) is 5.88 Å². The Morgan fingerprint density at radius 2 is 2.22 bits per heavy atom. The van der Waals surface area contributed by atoms with Gasteiger partial charge in [-0.25, -0.2) is 4.98 Å². The summed E-state index contributed by atoms with van der Waals surface area (Å²) in [6, 6.07) is 5.76. The summed E-state index contributed by atoms with van der Waals surface area (Å²) >= 11 is 0. The van der Waals surface area contributed by atoms with Gasteiger partial charge in [0, 0.05) is 45.4 Å². The van der Waals surface area contributed by atoms with Crippen molar-refractivity contribution in [2.24, 2.45) is 4.99 Å². The van der Waals surface area contributed by atoms with E-state index in [1.807, 2.05) is 25.2 Å². The fourth-order valence-electron chi connectivity index (χ4n) is 3.27. The van der Waals surface area contributed by atoms with Crippen molar-refractivity contribution in [3.05, 3.63) is 24.4 Å². The van der Waals surface area contributed by atoms with Crippen LogP contribution in [0.1, 0.15) is 19.3 Å². The van der Waals surface area contributed by atoms with Gasteiger partial charge in [0.2, 0.25) is 5.88 Å². The third kappa shape index (κ3) is 4.58. The zero-order valence-electron chi connectivity index (χ0n) is 13.9. The van der Waals surface area contributed by atoms with E-state index >= 15 is 0 Å². The Labute approximate surface area is 138 Å². The molecule has 0 radical (unpaired) electrons. The molecule has 2 aliphatic rings. The highest BCUT2D eigenvalue weighted by Crippen LogP contribution is 2.16. The van der Waals surface area contributed by atoms with E-state index in [9.17, 15) is 0 Å². The molecule has 23 heavy (non-hydrogen) atoms. The Hall–Kier alpha value is -1.82. The second-order valence-corrected chi connectivity index (χ2v) is 6.17. The molecule has 0 aromatic carbocycles. The van der Waals surface area contributed by atoms with Crippen LogP contribution in [0, 0.1) is 0 Å². The number of guanidine groups is 1. The first-order valence-electron chi connectivity index (χ1n) is 8.61. The Morgan fingerprint density at radius 3 is 2.96 bits per heavy atom. The fraction of sp³-hybridized carbons (Fsp3) is 0.647. The van der Waals surface area contributed by atoms with E-state index in [4.69, 9.17) is 4.74 Å². The first kappa shape index (κ1) is 16.1. The van der Waals surface area contributed by atoms with E-state index in [-0.39, 0.29) is 6.10 Å². The van der Waals surface area contributed by atoms with Crippen molar-refractivity contribution in [2.75, 3.05) is 46.3 Å². The highest BCUT2D eigenvalue weighted by Gasteiger charge is 2.26. The Bertz CT molecular complexity index is 501. The van der Waals surface area contributed by atoms with Crippen molar-refractivity contribution in [2.45, 2.75) is 25.4 Å². The molecule has 3 heterocycles. The van der Waals surface area contributed by atoms with E-state index in [0.29, 0.717) is 5.88 Å². The minimum Gasteiger partial charge on any atom is -0.472 e. The van der Waals surface area contributed by atoms with Crippen LogP contribution in [-0.2, 0) is 0 Å². The minimum atomic E-state index is 0.182. The van der Waals surface area contributed by atoms with Crippen LogP contribution in [-0.4, -0.2) is 73.2 Å². The van der Waals surface area contributed by atoms with Crippen molar-refractivity contribution in [1.82, 2.24) is 20.1 Å². The molecule has 0 bridgehead atoms. The van der Waals surface area contributed by atoms with Crippen LogP contribution in [0.15, 0.2) is 29.4 Å². The van der Waals surface area contributed by atoms with E-state index < -0.39 is 0 Å². The maximum atomic E-state index is 5.94. The van der Waals surface area contributed by atoms with Gasteiger partial charge in [-0.05, 0) is 32.0 Å². The number of aromatic nitrogens is 1. The standard InChI is InChI=1S/C17H27N5O/c1-18-17(20-9-13-21-10-4-5-11-21)22-12-7-15(14-22)23-16-6-2-3-8-19-16/h2-3,6,8,15H,4-5,7,9-14H2,1H3,(H,18,20). The number of pyridine rings is 1. The monoisotopic (exact) mass is 317 g/mol. The van der Waals surface area contributed by atoms with Crippen molar-refractivity contribution in [1.29, 1.82) is 0 Å². The van der Waals surface area contributed by atoms with Crippen molar-refractivity contribution in [3.63, 3.8) is 0 Å². The van der Waals surface area contributed by atoms with E-state index in [1.165, 1.54) is 25.9 Å². The zero-order valence-corrected chi connectivity index (χ0v) is 13.9. The van der Waals surface area contributed by atoms with Gasteiger partial charge in [-0.2, -0.15) is 0 Å². The quantitative estimate of drug-likeness (QED) is 0.653. The molecule has 1 aromatic rings. The molecule has 6 heteroatoms. The normalized spacial score (nSPS) is 22.6. The highest BCUT2D eigenvalue weighted by molar-refractivity contribution is 5.80. The molecule has 0 spiro atoms. The van der Waals surface area contributed by atoms with Crippen molar-refractivity contribution < 1.29 is 4.74 Å². The third-order valence-corrected chi connectivity index (χ3v) is 4.49. The minimum absolute atomic E-state index is 0.182. The molecule has 1 N–H and O–H groups in total. The summed E-state index contributed by atoms with van der Waals surface area (Å²) in [5.41, 5.74) is 0. The molecule has 1 unspecified atom stereocenters. The lowest BCUT2D eigenvalue weighted by Crippen LogP contribution is -2.43. The highest BCUT2D eigenvalue weighted by atomic mass is 16.5. The van der Waals surface area contributed by atoms with Gasteiger partial charge < -0.3 is 19.9 Å². The first-order chi connectivity index (χ1) is 11.3. The first-order valence-corrected chi connectivity index (χ1v) is 8.61. The average molecular weight is 317 g/mol. The molecule has 2 aliphatic heterocycles. The summed E-state index contributed by atoms with van der Waals surface area (Å²) in [4.78, 5) is 13.4. The molecule has 2 fully saturated rings. The Balaban J connectivity index is 1.42. The molecule has 0 aliphatic carbocycles. The molecule has 3 rings (SSSR count). The van der Waals surface area contributed by atoms with Gasteiger partial charge in [-0.3, -0.25) is 4.99 Å². The molecule has 2 saturated heterocycles. The number of nitrogens with one attached hydrogen (secondary N) is 1. The lowest BCUT2D eigenvalue weighted by Gasteiger charge is -2.23. The number of ether oxygens (including phenoxy) is 1. The molecule has 6 nitrogen and oxygen atoms in total. The number of aliphatic imine (C=N–C) groups is 1. The maximum absolute atomic E-state index is 5.94. The number of hydrogen-bond acceptors (Lipinski definition) is 4. The summed E-state index contributed by atoms with van der Waals surface area (Å²) in [6.07, 6.45) is 5.63. The summed E-state index contributed by atoms with van der Waals surface area (Å²) in [7, 11) is 1.85. The molecule has 0 saturated carbocycles. The van der Waals surface area contributed by atoms with Crippen LogP contribution >= 0.6 is 0 Å². The van der Waals surface area contributed by atoms with E-state index in [0.717, 1.165) is 38.6 Å². The molecule has 0 amide bonds. The summed E-state index contributed by atoms with van der Waals surface area (Å²) in [5.74, 6) is 1.69. The molecular formula is C17H27N5O. The summed E-state index contributed by atoms with van der Waals surface area (Å²) < 4.78 is 5.94. The van der Waals surface area contributed by atoms with Gasteiger partial charge in [0.1, 0.15) is 6.10 Å². The van der Waals surface area contributed by atoms with Crippen LogP contribution < -0.4 is 10.1 Å². The number of likely N-dealkylation sites (tertiary alicyclic amines) is 2. The number of hydrogen-bond donors (Lipinski definition) is 1. The van der Waals surface area contributed by atoms with Gasteiger partial charge in [0.15, 0.2) is 5.96 Å². The second kappa shape index (κ2) is 8.15. The molecule has 1 aromatic heterocycles. The van der Waals surface area contributed by atoms with E-state index in [1.54, 1.807) is 6.20 Å². The predicted octanol–water partition coefficient (Wildman–Crippen LogP) is 1.21. The number of nitrogens with zero attached hydrogens (tertiary/aromatic N) is 4. The average Bonchev–Trinajstić information content (AvgIpc) is 3.25. The van der Waals surface area contributed by atoms with Crippen molar-refractivity contribution >= 4 is 5.96 Å². The maximum Gasteiger partial charge on any atom is 0.213 e. The van der Waals surface area contributed by atoms with Crippen LogP contribution in [0.2, 0.25) is 0 Å². The van der Waals surface area contributed by atoms with E-state index in [2.05, 4.69) is 25.1 Å². The van der Waals surface area contributed by atoms with Crippen LogP contribution in [0.3, 0.4) is 0 Å². The Morgan fingerprint density at radius 1 is 1.35 bits per heavy atom. The molecular weight excluding hydrogens is 290 g/mol. The van der Waals surface area contributed by atoms with Crippen LogP contribution in [0.25, 0.3) is 0 Å². The second-order valence-electron chi connectivity index (χ2n) is 6.17. The topological polar surface area (TPSA) is 53.0 Å². The number of rotatable bonds is 5. The largest absolute Gasteiger partial charge is 0.472 e. The lowest BCUT2D eigenvalue weighted by atomic mass is 10.3. The zero-order chi connectivity index (χ0) is 15.9. The summed E-state index contributed by atoms with van der Waals surface area (Å²) in [5, 5.41) is 3.49. The van der Waals surface area contributed by atoms with Gasteiger partial charge in [-0.15, -0.1) is 0 Å². The van der Waals surface area contributed by atoms with Crippen LogP contribution in [0.4, 0.5) is 0 Å².